The van der Waals surface area contributed by atoms with E-state index in [2.05, 4.69) is 5.32 Å². The van der Waals surface area contributed by atoms with E-state index in [9.17, 15) is 9.59 Å². The molecule has 0 bridgehead atoms. The maximum absolute atomic E-state index is 11.9. The second kappa shape index (κ2) is 8.74. The van der Waals surface area contributed by atoms with Gasteiger partial charge in [0.05, 0.1) is 6.42 Å². The van der Waals surface area contributed by atoms with Crippen LogP contribution in [0.15, 0.2) is 18.2 Å². The molecule has 1 rings (SSSR count). The molecule has 0 saturated carbocycles. The van der Waals surface area contributed by atoms with Crippen LogP contribution in [-0.2, 0) is 11.2 Å². The largest absolute Gasteiger partial charge is 0.481 e. The van der Waals surface area contributed by atoms with Gasteiger partial charge < -0.3 is 15.3 Å². The van der Waals surface area contributed by atoms with Crippen LogP contribution in [0.4, 0.5) is 4.79 Å². The molecule has 21 heavy (non-hydrogen) atoms. The summed E-state index contributed by atoms with van der Waals surface area (Å²) in [6.07, 6.45) is 0.516. The first kappa shape index (κ1) is 17.6. The number of halogens is 2. The van der Waals surface area contributed by atoms with Crippen molar-refractivity contribution >= 4 is 35.2 Å². The SMILES string of the molecule is CCN(CCC(=O)O)C(=O)NCCc1ccc(Cl)cc1Cl. The van der Waals surface area contributed by atoms with Gasteiger partial charge in [0, 0.05) is 29.7 Å². The van der Waals surface area contributed by atoms with E-state index in [0.29, 0.717) is 29.6 Å². The van der Waals surface area contributed by atoms with Crippen molar-refractivity contribution in [1.82, 2.24) is 10.2 Å². The lowest BCUT2D eigenvalue weighted by Gasteiger charge is -2.20. The van der Waals surface area contributed by atoms with Crippen molar-refractivity contribution in [2.45, 2.75) is 19.8 Å². The first-order valence-electron chi connectivity index (χ1n) is 6.62. The minimum atomic E-state index is -0.922. The highest BCUT2D eigenvalue weighted by Crippen LogP contribution is 2.21. The average molecular weight is 333 g/mol. The average Bonchev–Trinajstić information content (AvgIpc) is 2.41. The molecule has 0 radical (unpaired) electrons. The zero-order chi connectivity index (χ0) is 15.8. The number of urea groups is 1. The van der Waals surface area contributed by atoms with Crippen molar-refractivity contribution in [2.75, 3.05) is 19.6 Å². The Bertz CT molecular complexity index is 509. The smallest absolute Gasteiger partial charge is 0.317 e. The minimum absolute atomic E-state index is 0.0652. The fourth-order valence-electron chi connectivity index (χ4n) is 1.77. The van der Waals surface area contributed by atoms with E-state index >= 15 is 0 Å². The predicted octanol–water partition coefficient (Wildman–Crippen LogP) is 3.04. The molecule has 2 N–H and O–H groups in total. The number of rotatable bonds is 7. The molecule has 7 heteroatoms. The summed E-state index contributed by atoms with van der Waals surface area (Å²) in [5.74, 6) is -0.922. The fourth-order valence-corrected chi connectivity index (χ4v) is 2.28. The molecule has 5 nitrogen and oxygen atoms in total. The lowest BCUT2D eigenvalue weighted by molar-refractivity contribution is -0.137. The van der Waals surface area contributed by atoms with Gasteiger partial charge in [0.25, 0.3) is 0 Å². The van der Waals surface area contributed by atoms with Crippen molar-refractivity contribution in [2.24, 2.45) is 0 Å². The summed E-state index contributed by atoms with van der Waals surface area (Å²) in [5, 5.41) is 12.5. The van der Waals surface area contributed by atoms with Crippen LogP contribution < -0.4 is 5.32 Å². The zero-order valence-electron chi connectivity index (χ0n) is 11.7. The van der Waals surface area contributed by atoms with Crippen molar-refractivity contribution in [1.29, 1.82) is 0 Å². The van der Waals surface area contributed by atoms with Crippen LogP contribution in [0.25, 0.3) is 0 Å². The maximum Gasteiger partial charge on any atom is 0.317 e. The van der Waals surface area contributed by atoms with Crippen LogP contribution in [0, 0.1) is 0 Å². The number of hydrogen-bond donors (Lipinski definition) is 2. The second-order valence-electron chi connectivity index (χ2n) is 4.44. The summed E-state index contributed by atoms with van der Waals surface area (Å²) in [6, 6.07) is 4.95. The van der Waals surface area contributed by atoms with Gasteiger partial charge in [0.2, 0.25) is 0 Å². The van der Waals surface area contributed by atoms with Gasteiger partial charge in [-0.2, -0.15) is 0 Å². The van der Waals surface area contributed by atoms with E-state index in [1.807, 2.05) is 6.07 Å². The van der Waals surface area contributed by atoms with Crippen LogP contribution in [0.1, 0.15) is 18.9 Å². The molecule has 0 spiro atoms. The molecule has 2 amide bonds. The van der Waals surface area contributed by atoms with Crippen LogP contribution in [0.3, 0.4) is 0 Å². The highest BCUT2D eigenvalue weighted by atomic mass is 35.5. The zero-order valence-corrected chi connectivity index (χ0v) is 13.2. The number of nitrogens with zero attached hydrogens (tertiary/aromatic N) is 1. The monoisotopic (exact) mass is 332 g/mol. The van der Waals surface area contributed by atoms with Crippen molar-refractivity contribution in [3.05, 3.63) is 33.8 Å². The number of carboxylic acids is 1. The van der Waals surface area contributed by atoms with E-state index in [4.69, 9.17) is 28.3 Å². The Morgan fingerprint density at radius 3 is 2.62 bits per heavy atom. The van der Waals surface area contributed by atoms with Crippen molar-refractivity contribution < 1.29 is 14.7 Å². The van der Waals surface area contributed by atoms with Crippen LogP contribution in [-0.4, -0.2) is 41.6 Å². The third kappa shape index (κ3) is 6.23. The van der Waals surface area contributed by atoms with Gasteiger partial charge in [0.15, 0.2) is 0 Å². The number of aliphatic carboxylic acids is 1. The van der Waals surface area contributed by atoms with Crippen molar-refractivity contribution in [3.8, 4) is 0 Å². The fraction of sp³-hybridized carbons (Fsp3) is 0.429. The summed E-state index contributed by atoms with van der Waals surface area (Å²) in [5.41, 5.74) is 0.898. The highest BCUT2D eigenvalue weighted by molar-refractivity contribution is 6.35. The molecule has 0 saturated heterocycles. The molecule has 0 unspecified atom stereocenters. The van der Waals surface area contributed by atoms with E-state index in [0.717, 1.165) is 5.56 Å². The summed E-state index contributed by atoms with van der Waals surface area (Å²) in [7, 11) is 0. The van der Waals surface area contributed by atoms with Gasteiger partial charge in [0.1, 0.15) is 0 Å². The second-order valence-corrected chi connectivity index (χ2v) is 5.28. The molecule has 0 atom stereocenters. The number of carbonyl (C=O) groups is 2. The van der Waals surface area contributed by atoms with Gasteiger partial charge in [-0.25, -0.2) is 4.79 Å². The lowest BCUT2D eigenvalue weighted by atomic mass is 10.1. The van der Waals surface area contributed by atoms with Gasteiger partial charge in [-0.05, 0) is 31.0 Å². The van der Waals surface area contributed by atoms with E-state index < -0.39 is 5.97 Å². The highest BCUT2D eigenvalue weighted by Gasteiger charge is 2.12. The van der Waals surface area contributed by atoms with E-state index in [-0.39, 0.29) is 19.0 Å². The third-order valence-electron chi connectivity index (χ3n) is 2.95. The van der Waals surface area contributed by atoms with Gasteiger partial charge in [-0.3, -0.25) is 4.79 Å². The van der Waals surface area contributed by atoms with E-state index in [1.165, 1.54) is 4.90 Å². The Balaban J connectivity index is 2.42. The maximum atomic E-state index is 11.9. The molecular weight excluding hydrogens is 315 g/mol. The van der Waals surface area contributed by atoms with Gasteiger partial charge >= 0.3 is 12.0 Å². The predicted molar refractivity (Wildman–Crippen MR) is 83.1 cm³/mol. The normalized spacial score (nSPS) is 10.2. The molecule has 1 aromatic rings. The molecule has 0 aromatic heterocycles. The summed E-state index contributed by atoms with van der Waals surface area (Å²) in [4.78, 5) is 23.9. The number of hydrogen-bond acceptors (Lipinski definition) is 2. The van der Waals surface area contributed by atoms with Gasteiger partial charge in [-0.15, -0.1) is 0 Å². The minimum Gasteiger partial charge on any atom is -0.481 e. The quantitative estimate of drug-likeness (QED) is 0.806. The Morgan fingerprint density at radius 1 is 1.33 bits per heavy atom. The summed E-state index contributed by atoms with van der Waals surface area (Å²) in [6.45, 7) is 2.88. The topological polar surface area (TPSA) is 69.6 Å². The Labute approximate surface area is 133 Å². The standard InChI is InChI=1S/C14H18Cl2N2O3/c1-2-18(8-6-13(19)20)14(21)17-7-5-10-3-4-11(15)9-12(10)16/h3-4,9H,2,5-8H2,1H3,(H,17,21)(H,19,20). The first-order valence-corrected chi connectivity index (χ1v) is 7.38. The molecule has 0 aliphatic heterocycles. The first-order chi connectivity index (χ1) is 9.93. The molecule has 0 aliphatic carbocycles. The number of carbonyl (C=O) groups excluding carboxylic acids is 1. The molecule has 116 valence electrons. The Morgan fingerprint density at radius 2 is 2.05 bits per heavy atom. The van der Waals surface area contributed by atoms with Crippen molar-refractivity contribution in [3.63, 3.8) is 0 Å². The Kier molecular flexibility index (Phi) is 7.32. The third-order valence-corrected chi connectivity index (χ3v) is 3.54. The molecule has 0 aliphatic rings. The summed E-state index contributed by atoms with van der Waals surface area (Å²) >= 11 is 11.9. The number of carboxylic acid groups (broad SMARTS) is 1. The lowest BCUT2D eigenvalue weighted by Crippen LogP contribution is -2.41. The van der Waals surface area contributed by atoms with Crippen LogP contribution in [0.2, 0.25) is 10.0 Å². The van der Waals surface area contributed by atoms with Gasteiger partial charge in [-0.1, -0.05) is 29.3 Å². The number of nitrogens with one attached hydrogen (secondary N) is 1. The molecule has 0 fully saturated rings. The van der Waals surface area contributed by atoms with Crippen LogP contribution >= 0.6 is 23.2 Å². The molecular formula is C14H18Cl2N2O3. The Hall–Kier alpha value is -1.46. The molecule has 0 heterocycles. The summed E-state index contributed by atoms with van der Waals surface area (Å²) < 4.78 is 0. The number of amides is 2. The molecule has 1 aromatic carbocycles. The van der Waals surface area contributed by atoms with Crippen LogP contribution in [0.5, 0.6) is 0 Å². The van der Waals surface area contributed by atoms with E-state index in [1.54, 1.807) is 19.1 Å². The number of benzene rings is 1.